The third-order valence-electron chi connectivity index (χ3n) is 3.04. The van der Waals surface area contributed by atoms with E-state index in [4.69, 9.17) is 4.74 Å². The van der Waals surface area contributed by atoms with Gasteiger partial charge in [0.05, 0.1) is 19.8 Å². The number of carbonyl (C=O) groups excluding carboxylic acids is 1. The van der Waals surface area contributed by atoms with Crippen LogP contribution in [0.2, 0.25) is 0 Å². The normalized spacial score (nSPS) is 11.4. The molecule has 118 valence electrons. The Balaban J connectivity index is 2.31. The molecule has 6 nitrogen and oxygen atoms in total. The lowest BCUT2D eigenvalue weighted by Gasteiger charge is -2.13. The van der Waals surface area contributed by atoms with Crippen molar-refractivity contribution in [3.05, 3.63) is 29.8 Å². The zero-order valence-electron chi connectivity index (χ0n) is 12.6. The molecule has 0 aliphatic heterocycles. The van der Waals surface area contributed by atoms with E-state index in [0.717, 1.165) is 17.6 Å². The van der Waals surface area contributed by atoms with Crippen molar-refractivity contribution < 1.29 is 17.9 Å². The Bertz CT molecular complexity index is 572. The van der Waals surface area contributed by atoms with Gasteiger partial charge >= 0.3 is 0 Å². The molecule has 0 saturated heterocycles. The maximum absolute atomic E-state index is 11.8. The largest absolute Gasteiger partial charge is 0.497 e. The summed E-state index contributed by atoms with van der Waals surface area (Å²) in [5, 5.41) is 2.77. The van der Waals surface area contributed by atoms with E-state index in [9.17, 15) is 13.2 Å². The van der Waals surface area contributed by atoms with Crippen molar-refractivity contribution in [1.82, 2.24) is 9.62 Å². The summed E-state index contributed by atoms with van der Waals surface area (Å²) in [4.78, 5) is 11.8. The monoisotopic (exact) mass is 314 g/mol. The number of ether oxygens (including phenoxy) is 1. The first-order chi connectivity index (χ1) is 9.82. The highest BCUT2D eigenvalue weighted by molar-refractivity contribution is 7.88. The molecule has 1 amide bonds. The minimum Gasteiger partial charge on any atom is -0.497 e. The van der Waals surface area contributed by atoms with E-state index in [-0.39, 0.29) is 12.3 Å². The van der Waals surface area contributed by atoms with Crippen LogP contribution in [0.3, 0.4) is 0 Å². The van der Waals surface area contributed by atoms with Gasteiger partial charge in [-0.05, 0) is 24.1 Å². The second-order valence-corrected chi connectivity index (χ2v) is 6.91. The summed E-state index contributed by atoms with van der Waals surface area (Å²) in [5.41, 5.74) is 0.875. The molecule has 21 heavy (non-hydrogen) atoms. The molecule has 1 N–H and O–H groups in total. The fraction of sp³-hybridized carbons (Fsp3) is 0.500. The number of methoxy groups -OCH3 is 1. The van der Waals surface area contributed by atoms with Crippen LogP contribution in [0, 0.1) is 0 Å². The molecule has 0 fully saturated rings. The Morgan fingerprint density at radius 3 is 2.71 bits per heavy atom. The van der Waals surface area contributed by atoms with Gasteiger partial charge in [0.1, 0.15) is 5.75 Å². The summed E-state index contributed by atoms with van der Waals surface area (Å²) in [7, 11) is -0.0510. The van der Waals surface area contributed by atoms with Crippen LogP contribution in [-0.4, -0.2) is 52.1 Å². The number of sulfonamides is 1. The van der Waals surface area contributed by atoms with Gasteiger partial charge in [0.25, 0.3) is 0 Å². The number of nitrogens with one attached hydrogen (secondary N) is 1. The first kappa shape index (κ1) is 17.5. The molecule has 0 atom stereocenters. The van der Waals surface area contributed by atoms with Crippen LogP contribution >= 0.6 is 0 Å². The number of hydrogen-bond acceptors (Lipinski definition) is 4. The Hall–Kier alpha value is -1.60. The maximum atomic E-state index is 11.8. The van der Waals surface area contributed by atoms with Gasteiger partial charge in [-0.15, -0.1) is 0 Å². The molecule has 1 rings (SSSR count). The smallest absolute Gasteiger partial charge is 0.224 e. The highest BCUT2D eigenvalue weighted by Crippen LogP contribution is 2.12. The minimum atomic E-state index is -3.15. The first-order valence-electron chi connectivity index (χ1n) is 6.64. The molecule has 0 spiro atoms. The van der Waals surface area contributed by atoms with E-state index in [0.29, 0.717) is 19.5 Å². The van der Waals surface area contributed by atoms with Crippen LogP contribution < -0.4 is 10.1 Å². The van der Waals surface area contributed by atoms with Crippen molar-refractivity contribution in [1.29, 1.82) is 0 Å². The lowest BCUT2D eigenvalue weighted by atomic mass is 10.1. The number of benzene rings is 1. The molecular formula is C14H22N2O4S. The van der Waals surface area contributed by atoms with Crippen LogP contribution in [0.5, 0.6) is 5.75 Å². The van der Waals surface area contributed by atoms with Crippen molar-refractivity contribution in [2.24, 2.45) is 0 Å². The standard InChI is InChI=1S/C14H22N2O4S/c1-16(21(3,18)19)9-5-8-15-14(17)11-12-6-4-7-13(10-12)20-2/h4,6-7,10H,5,8-9,11H2,1-3H3,(H,15,17). The third-order valence-corrected chi connectivity index (χ3v) is 4.35. The van der Waals surface area contributed by atoms with E-state index in [1.807, 2.05) is 24.3 Å². The fourth-order valence-corrected chi connectivity index (χ4v) is 2.19. The van der Waals surface area contributed by atoms with E-state index in [1.54, 1.807) is 7.11 Å². The zero-order chi connectivity index (χ0) is 15.9. The van der Waals surface area contributed by atoms with Gasteiger partial charge in [0.15, 0.2) is 0 Å². The molecule has 0 aromatic heterocycles. The molecule has 1 aromatic rings. The number of carbonyl (C=O) groups is 1. The van der Waals surface area contributed by atoms with Crippen LogP contribution in [0.1, 0.15) is 12.0 Å². The average molecular weight is 314 g/mol. The zero-order valence-corrected chi connectivity index (χ0v) is 13.4. The number of amides is 1. The summed E-state index contributed by atoms with van der Waals surface area (Å²) in [5.74, 6) is 0.625. The van der Waals surface area contributed by atoms with Gasteiger partial charge in [0.2, 0.25) is 15.9 Å². The Labute approximate surface area is 126 Å². The number of hydrogen-bond donors (Lipinski definition) is 1. The van der Waals surface area contributed by atoms with Gasteiger partial charge in [0, 0.05) is 20.1 Å². The van der Waals surface area contributed by atoms with Crippen molar-refractivity contribution >= 4 is 15.9 Å². The SMILES string of the molecule is COc1cccc(CC(=O)NCCCN(C)S(C)(=O)=O)c1. The molecule has 0 aliphatic carbocycles. The molecule has 0 aliphatic rings. The molecule has 0 radical (unpaired) electrons. The van der Waals surface area contributed by atoms with E-state index >= 15 is 0 Å². The van der Waals surface area contributed by atoms with Crippen molar-refractivity contribution in [3.63, 3.8) is 0 Å². The van der Waals surface area contributed by atoms with Crippen molar-refractivity contribution in [2.75, 3.05) is 33.5 Å². The van der Waals surface area contributed by atoms with E-state index in [1.165, 1.54) is 11.4 Å². The second kappa shape index (κ2) is 7.99. The Morgan fingerprint density at radius 1 is 1.38 bits per heavy atom. The molecule has 0 bridgehead atoms. The molecule has 0 saturated carbocycles. The predicted octanol–water partition coefficient (Wildman–Crippen LogP) is 0.635. The van der Waals surface area contributed by atoms with Gasteiger partial charge < -0.3 is 10.1 Å². The maximum Gasteiger partial charge on any atom is 0.224 e. The Kier molecular flexibility index (Phi) is 6.64. The van der Waals surface area contributed by atoms with Gasteiger partial charge in [-0.25, -0.2) is 12.7 Å². The summed E-state index contributed by atoms with van der Waals surface area (Å²) >= 11 is 0. The molecule has 7 heteroatoms. The van der Waals surface area contributed by atoms with Crippen LogP contribution in [0.15, 0.2) is 24.3 Å². The van der Waals surface area contributed by atoms with Gasteiger partial charge in [-0.1, -0.05) is 12.1 Å². The number of nitrogens with zero attached hydrogens (tertiary/aromatic N) is 1. The molecule has 0 unspecified atom stereocenters. The highest BCUT2D eigenvalue weighted by Gasteiger charge is 2.10. The minimum absolute atomic E-state index is 0.0924. The van der Waals surface area contributed by atoms with E-state index < -0.39 is 10.0 Å². The van der Waals surface area contributed by atoms with Gasteiger partial charge in [-0.2, -0.15) is 0 Å². The lowest BCUT2D eigenvalue weighted by Crippen LogP contribution is -2.31. The quantitative estimate of drug-likeness (QED) is 0.714. The fourth-order valence-electron chi connectivity index (χ4n) is 1.73. The summed E-state index contributed by atoms with van der Waals surface area (Å²) in [6, 6.07) is 7.33. The average Bonchev–Trinajstić information content (AvgIpc) is 2.42. The summed E-state index contributed by atoms with van der Waals surface area (Å²) < 4.78 is 28.7. The second-order valence-electron chi connectivity index (χ2n) is 4.82. The molecule has 1 aromatic carbocycles. The van der Waals surface area contributed by atoms with Crippen LogP contribution in [0.4, 0.5) is 0 Å². The lowest BCUT2D eigenvalue weighted by molar-refractivity contribution is -0.120. The molecule has 0 heterocycles. The van der Waals surface area contributed by atoms with Crippen molar-refractivity contribution in [3.8, 4) is 5.75 Å². The first-order valence-corrected chi connectivity index (χ1v) is 8.48. The highest BCUT2D eigenvalue weighted by atomic mass is 32.2. The predicted molar refractivity (Wildman–Crippen MR) is 81.8 cm³/mol. The number of rotatable bonds is 8. The van der Waals surface area contributed by atoms with Crippen LogP contribution in [-0.2, 0) is 21.2 Å². The summed E-state index contributed by atoms with van der Waals surface area (Å²) in [6.07, 6.45) is 2.01. The van der Waals surface area contributed by atoms with Crippen molar-refractivity contribution in [2.45, 2.75) is 12.8 Å². The third kappa shape index (κ3) is 6.59. The van der Waals surface area contributed by atoms with Gasteiger partial charge in [-0.3, -0.25) is 4.79 Å². The topological polar surface area (TPSA) is 75.7 Å². The Morgan fingerprint density at radius 2 is 2.10 bits per heavy atom. The summed E-state index contributed by atoms with van der Waals surface area (Å²) in [6.45, 7) is 0.834. The molecular weight excluding hydrogens is 292 g/mol. The van der Waals surface area contributed by atoms with E-state index in [2.05, 4.69) is 5.32 Å². The van der Waals surface area contributed by atoms with Crippen LogP contribution in [0.25, 0.3) is 0 Å².